The summed E-state index contributed by atoms with van der Waals surface area (Å²) in [5, 5.41) is 4.14. The Kier molecular flexibility index (Phi) is 7.53. The third kappa shape index (κ3) is 5.24. The number of fused-ring (bicyclic) bond motifs is 3. The van der Waals surface area contributed by atoms with Crippen LogP contribution in [0.1, 0.15) is 35.8 Å². The molecule has 9 heteroatoms. The Bertz CT molecular complexity index is 1510. The van der Waals surface area contributed by atoms with Gasteiger partial charge in [-0.2, -0.15) is 0 Å². The molecule has 2 heterocycles. The lowest BCUT2D eigenvalue weighted by molar-refractivity contribution is -0.113. The minimum atomic E-state index is -0.202. The molecule has 192 valence electrons. The predicted molar refractivity (Wildman–Crippen MR) is 150 cm³/mol. The van der Waals surface area contributed by atoms with E-state index in [1.54, 1.807) is 23.0 Å². The van der Waals surface area contributed by atoms with Crippen LogP contribution in [0.15, 0.2) is 52.4 Å². The molecule has 1 aliphatic rings. The summed E-state index contributed by atoms with van der Waals surface area (Å²) in [5.41, 5.74) is 3.39. The lowest BCUT2D eigenvalue weighted by atomic mass is 9.97. The van der Waals surface area contributed by atoms with E-state index in [9.17, 15) is 9.59 Å². The molecule has 1 aliphatic carbocycles. The number of rotatable bonds is 8. The van der Waals surface area contributed by atoms with Crippen molar-refractivity contribution in [2.24, 2.45) is 0 Å². The fraction of sp³-hybridized carbons (Fsp3) is 0.321. The molecule has 0 aliphatic heterocycles. The molecule has 0 bridgehead atoms. The van der Waals surface area contributed by atoms with E-state index in [-0.39, 0.29) is 17.2 Å². The molecule has 2 aromatic carbocycles. The molecule has 0 saturated carbocycles. The normalized spacial score (nSPS) is 12.8. The average molecular weight is 536 g/mol. The number of benzene rings is 2. The zero-order chi connectivity index (χ0) is 25.9. The number of thioether (sulfide) groups is 1. The van der Waals surface area contributed by atoms with Crippen molar-refractivity contribution < 1.29 is 14.3 Å². The van der Waals surface area contributed by atoms with Gasteiger partial charge in [0.15, 0.2) is 5.16 Å². The highest BCUT2D eigenvalue weighted by Crippen LogP contribution is 2.35. The summed E-state index contributed by atoms with van der Waals surface area (Å²) in [6.45, 7) is 4.46. The Labute approximate surface area is 223 Å². The molecule has 0 radical (unpaired) electrons. The van der Waals surface area contributed by atoms with Gasteiger partial charge in [0.25, 0.3) is 5.56 Å². The second kappa shape index (κ2) is 11.0. The van der Waals surface area contributed by atoms with Gasteiger partial charge in [-0.25, -0.2) is 4.98 Å². The van der Waals surface area contributed by atoms with E-state index in [2.05, 4.69) is 5.32 Å². The standard InChI is InChI=1S/C28H29N3O4S2/c1-4-35-19-12-10-18(11-13-19)31-27(33)25-20-7-5-6-8-23(20)37-26(25)30-28(31)36-16-24(32)29-21-15-17(2)9-14-22(21)34-3/h9-15H,4-8,16H2,1-3H3,(H,29,32). The third-order valence-electron chi connectivity index (χ3n) is 6.33. The number of methoxy groups -OCH3 is 1. The molecule has 4 aromatic rings. The second-order valence-corrected chi connectivity index (χ2v) is 10.9. The van der Waals surface area contributed by atoms with Crippen LogP contribution in [0.3, 0.4) is 0 Å². The number of hydrogen-bond donors (Lipinski definition) is 1. The number of carbonyl (C=O) groups is 1. The van der Waals surface area contributed by atoms with Crippen LogP contribution in [0.2, 0.25) is 0 Å². The highest BCUT2D eigenvalue weighted by molar-refractivity contribution is 7.99. The van der Waals surface area contributed by atoms with E-state index < -0.39 is 0 Å². The van der Waals surface area contributed by atoms with Crippen molar-refractivity contribution in [1.82, 2.24) is 9.55 Å². The number of hydrogen-bond acceptors (Lipinski definition) is 7. The fourth-order valence-electron chi connectivity index (χ4n) is 4.60. The number of anilines is 1. The molecule has 0 fully saturated rings. The summed E-state index contributed by atoms with van der Waals surface area (Å²) in [6.07, 6.45) is 4.11. The van der Waals surface area contributed by atoms with E-state index in [1.807, 2.05) is 56.3 Å². The monoisotopic (exact) mass is 535 g/mol. The van der Waals surface area contributed by atoms with Crippen LogP contribution < -0.4 is 20.3 Å². The van der Waals surface area contributed by atoms with E-state index in [0.29, 0.717) is 34.3 Å². The van der Waals surface area contributed by atoms with Crippen molar-refractivity contribution in [1.29, 1.82) is 0 Å². The van der Waals surface area contributed by atoms with Crippen LogP contribution in [-0.4, -0.2) is 34.9 Å². The summed E-state index contributed by atoms with van der Waals surface area (Å²) < 4.78 is 12.6. The Hall–Kier alpha value is -3.30. The molecule has 37 heavy (non-hydrogen) atoms. The lowest BCUT2D eigenvalue weighted by Gasteiger charge is -2.14. The maximum absolute atomic E-state index is 13.9. The molecule has 7 nitrogen and oxygen atoms in total. The minimum Gasteiger partial charge on any atom is -0.495 e. The summed E-state index contributed by atoms with van der Waals surface area (Å²) >= 11 is 2.86. The number of thiophene rings is 1. The Morgan fingerprint density at radius 3 is 2.70 bits per heavy atom. The number of amides is 1. The van der Waals surface area contributed by atoms with Crippen LogP contribution >= 0.6 is 23.1 Å². The summed E-state index contributed by atoms with van der Waals surface area (Å²) in [4.78, 5) is 33.8. The van der Waals surface area contributed by atoms with Gasteiger partial charge in [0.05, 0.1) is 36.2 Å². The molecule has 0 unspecified atom stereocenters. The van der Waals surface area contributed by atoms with E-state index in [1.165, 1.54) is 16.6 Å². The van der Waals surface area contributed by atoms with Crippen LogP contribution in [0.25, 0.3) is 15.9 Å². The topological polar surface area (TPSA) is 82.4 Å². The zero-order valence-corrected chi connectivity index (χ0v) is 22.8. The van der Waals surface area contributed by atoms with Crippen LogP contribution in [0.5, 0.6) is 11.5 Å². The quantitative estimate of drug-likeness (QED) is 0.228. The van der Waals surface area contributed by atoms with Crippen molar-refractivity contribution >= 4 is 44.9 Å². The van der Waals surface area contributed by atoms with Crippen LogP contribution in [-0.2, 0) is 17.6 Å². The SMILES string of the molecule is CCOc1ccc(-n2c(SCC(=O)Nc3cc(C)ccc3OC)nc3sc4c(c3c2=O)CCCC4)cc1. The van der Waals surface area contributed by atoms with Gasteiger partial charge in [0.2, 0.25) is 5.91 Å². The van der Waals surface area contributed by atoms with Gasteiger partial charge in [0, 0.05) is 4.88 Å². The summed E-state index contributed by atoms with van der Waals surface area (Å²) in [7, 11) is 1.57. The molecule has 2 aromatic heterocycles. The van der Waals surface area contributed by atoms with Gasteiger partial charge in [0.1, 0.15) is 16.3 Å². The first-order valence-electron chi connectivity index (χ1n) is 12.4. The molecule has 0 spiro atoms. The first kappa shape index (κ1) is 25.4. The van der Waals surface area contributed by atoms with E-state index in [4.69, 9.17) is 14.5 Å². The van der Waals surface area contributed by atoms with Gasteiger partial charge in [-0.05, 0) is 87.1 Å². The second-order valence-electron chi connectivity index (χ2n) is 8.89. The maximum atomic E-state index is 13.9. The summed E-state index contributed by atoms with van der Waals surface area (Å²) in [6, 6.07) is 13.1. The van der Waals surface area contributed by atoms with Gasteiger partial charge < -0.3 is 14.8 Å². The van der Waals surface area contributed by atoms with Gasteiger partial charge >= 0.3 is 0 Å². The van der Waals surface area contributed by atoms with Gasteiger partial charge in [-0.3, -0.25) is 14.2 Å². The molecular weight excluding hydrogens is 506 g/mol. The van der Waals surface area contributed by atoms with Crippen molar-refractivity contribution in [2.75, 3.05) is 24.8 Å². The van der Waals surface area contributed by atoms with Crippen LogP contribution in [0, 0.1) is 6.92 Å². The van der Waals surface area contributed by atoms with Crippen LogP contribution in [0.4, 0.5) is 5.69 Å². The van der Waals surface area contributed by atoms with Crippen molar-refractivity contribution in [3.63, 3.8) is 0 Å². The third-order valence-corrected chi connectivity index (χ3v) is 8.45. The molecule has 1 N–H and O–H groups in total. The number of nitrogens with one attached hydrogen (secondary N) is 1. The first-order chi connectivity index (χ1) is 18.0. The number of aromatic nitrogens is 2. The molecule has 1 amide bonds. The molecule has 0 saturated heterocycles. The lowest BCUT2D eigenvalue weighted by Crippen LogP contribution is -2.23. The summed E-state index contributed by atoms with van der Waals surface area (Å²) in [5.74, 6) is 1.23. The maximum Gasteiger partial charge on any atom is 0.267 e. The first-order valence-corrected chi connectivity index (χ1v) is 14.2. The number of ether oxygens (including phenoxy) is 2. The van der Waals surface area contributed by atoms with E-state index in [0.717, 1.165) is 47.4 Å². The van der Waals surface area contributed by atoms with Gasteiger partial charge in [-0.15, -0.1) is 11.3 Å². The highest BCUT2D eigenvalue weighted by atomic mass is 32.2. The Balaban J connectivity index is 1.50. The van der Waals surface area contributed by atoms with Gasteiger partial charge in [-0.1, -0.05) is 17.8 Å². The van der Waals surface area contributed by atoms with E-state index >= 15 is 0 Å². The van der Waals surface area contributed by atoms with Crippen molar-refractivity contribution in [2.45, 2.75) is 44.7 Å². The average Bonchev–Trinajstić information content (AvgIpc) is 3.27. The highest BCUT2D eigenvalue weighted by Gasteiger charge is 2.23. The largest absolute Gasteiger partial charge is 0.495 e. The number of carbonyl (C=O) groups excluding carboxylic acids is 1. The Morgan fingerprint density at radius 2 is 1.95 bits per heavy atom. The van der Waals surface area contributed by atoms with Crippen molar-refractivity contribution in [3.8, 4) is 17.2 Å². The molecule has 0 atom stereocenters. The fourth-order valence-corrected chi connectivity index (χ4v) is 6.72. The van der Waals surface area contributed by atoms with Crippen molar-refractivity contribution in [3.05, 3.63) is 68.8 Å². The smallest absolute Gasteiger partial charge is 0.267 e. The zero-order valence-electron chi connectivity index (χ0n) is 21.1. The number of aryl methyl sites for hydroxylation is 3. The minimum absolute atomic E-state index is 0.0863. The predicted octanol–water partition coefficient (Wildman–Crippen LogP) is 5.77. The Morgan fingerprint density at radius 1 is 1.16 bits per heavy atom. The number of nitrogens with zero attached hydrogens (tertiary/aromatic N) is 2. The molecular formula is C28H29N3O4S2. The molecule has 5 rings (SSSR count).